The Bertz CT molecular complexity index is 471. The van der Waals surface area contributed by atoms with E-state index >= 15 is 0 Å². The van der Waals surface area contributed by atoms with Crippen molar-refractivity contribution in [2.24, 2.45) is 7.05 Å². The van der Waals surface area contributed by atoms with Crippen LogP contribution in [0.15, 0.2) is 24.3 Å². The van der Waals surface area contributed by atoms with Crippen molar-refractivity contribution in [1.29, 1.82) is 0 Å². The zero-order valence-electron chi connectivity index (χ0n) is 9.26. The van der Waals surface area contributed by atoms with Crippen LogP contribution in [0.25, 0.3) is 10.9 Å². The molecular weight excluding hydrogens is 250 g/mol. The van der Waals surface area contributed by atoms with Crippen molar-refractivity contribution in [3.05, 3.63) is 35.5 Å². The van der Waals surface area contributed by atoms with Gasteiger partial charge in [0.2, 0.25) is 0 Å². The minimum atomic E-state index is 1.08. The van der Waals surface area contributed by atoms with E-state index in [9.17, 15) is 0 Å². The largest absolute Gasteiger partial charge is 0.348 e. The third kappa shape index (κ3) is 1.83. The van der Waals surface area contributed by atoms with Crippen molar-refractivity contribution < 1.29 is 0 Å². The molecule has 0 aliphatic heterocycles. The molecule has 0 radical (unpaired) electrons. The predicted molar refractivity (Wildman–Crippen MR) is 69.8 cm³/mol. The van der Waals surface area contributed by atoms with E-state index in [4.69, 9.17) is 0 Å². The number of aromatic nitrogens is 1. The third-order valence-corrected chi connectivity index (χ3v) is 3.65. The van der Waals surface area contributed by atoms with Crippen LogP contribution in [0.3, 0.4) is 0 Å². The Morgan fingerprint density at radius 2 is 2.00 bits per heavy atom. The van der Waals surface area contributed by atoms with E-state index < -0.39 is 0 Å². The molecule has 2 rings (SSSR count). The first-order chi connectivity index (χ1) is 7.25. The second-order valence-corrected chi connectivity index (χ2v) is 4.73. The number of hydrogen-bond donors (Lipinski definition) is 0. The molecule has 1 heterocycles. The molecule has 0 aliphatic carbocycles. The highest BCUT2D eigenvalue weighted by atomic mass is 79.9. The van der Waals surface area contributed by atoms with Crippen LogP contribution in [-0.2, 0) is 13.5 Å². The van der Waals surface area contributed by atoms with Crippen molar-refractivity contribution in [3.8, 4) is 0 Å². The van der Waals surface area contributed by atoms with Crippen molar-refractivity contribution in [3.63, 3.8) is 0 Å². The molecule has 80 valence electrons. The fraction of sp³-hybridized carbons (Fsp3) is 0.385. The van der Waals surface area contributed by atoms with E-state index in [-0.39, 0.29) is 0 Å². The summed E-state index contributed by atoms with van der Waals surface area (Å²) in [5, 5.41) is 2.49. The molecule has 2 heteroatoms. The topological polar surface area (TPSA) is 4.93 Å². The summed E-state index contributed by atoms with van der Waals surface area (Å²) < 4.78 is 2.29. The molecule has 0 aliphatic rings. The average Bonchev–Trinajstić information content (AvgIpc) is 2.51. The maximum atomic E-state index is 3.50. The number of rotatable bonds is 3. The molecular formula is C13H16BrN. The number of alkyl halides is 1. The molecule has 0 bridgehead atoms. The van der Waals surface area contributed by atoms with Gasteiger partial charge < -0.3 is 4.57 Å². The zero-order valence-corrected chi connectivity index (χ0v) is 10.8. The van der Waals surface area contributed by atoms with Gasteiger partial charge in [0.15, 0.2) is 0 Å². The first-order valence-electron chi connectivity index (χ1n) is 5.34. The summed E-state index contributed by atoms with van der Waals surface area (Å²) in [5.74, 6) is 0. The van der Waals surface area contributed by atoms with E-state index in [2.05, 4.69) is 58.7 Å². The number of para-hydroxylation sites is 1. The van der Waals surface area contributed by atoms with E-state index in [0.717, 1.165) is 5.33 Å². The molecule has 15 heavy (non-hydrogen) atoms. The molecule has 0 fully saturated rings. The van der Waals surface area contributed by atoms with Gasteiger partial charge in [-0.25, -0.2) is 0 Å². The summed E-state index contributed by atoms with van der Waals surface area (Å²) in [5.41, 5.74) is 4.25. The van der Waals surface area contributed by atoms with Gasteiger partial charge in [0, 0.05) is 29.0 Å². The van der Waals surface area contributed by atoms with Gasteiger partial charge in [0.1, 0.15) is 0 Å². The van der Waals surface area contributed by atoms with Gasteiger partial charge in [-0.05, 0) is 31.4 Å². The molecule has 0 saturated carbocycles. The van der Waals surface area contributed by atoms with Crippen LogP contribution < -0.4 is 0 Å². The van der Waals surface area contributed by atoms with Gasteiger partial charge >= 0.3 is 0 Å². The van der Waals surface area contributed by atoms with Crippen LogP contribution >= 0.6 is 15.9 Å². The first-order valence-corrected chi connectivity index (χ1v) is 6.46. The Labute approximate surface area is 99.2 Å². The highest BCUT2D eigenvalue weighted by molar-refractivity contribution is 9.09. The van der Waals surface area contributed by atoms with Gasteiger partial charge in [-0.1, -0.05) is 34.1 Å². The molecule has 0 atom stereocenters. The lowest BCUT2D eigenvalue weighted by Gasteiger charge is -2.00. The summed E-state index contributed by atoms with van der Waals surface area (Å²) in [4.78, 5) is 0. The lowest BCUT2D eigenvalue weighted by atomic mass is 10.1. The Hall–Kier alpha value is -0.760. The Kier molecular flexibility index (Phi) is 3.15. The number of nitrogens with zero attached hydrogens (tertiary/aromatic N) is 1. The molecule has 2 aromatic rings. The summed E-state index contributed by atoms with van der Waals surface area (Å²) in [7, 11) is 2.15. The average molecular weight is 266 g/mol. The molecule has 0 amide bonds. The molecule has 1 aromatic carbocycles. The van der Waals surface area contributed by atoms with Crippen molar-refractivity contribution in [1.82, 2.24) is 4.57 Å². The molecule has 0 N–H and O–H groups in total. The van der Waals surface area contributed by atoms with Crippen molar-refractivity contribution >= 4 is 26.8 Å². The monoisotopic (exact) mass is 265 g/mol. The zero-order chi connectivity index (χ0) is 10.8. The lowest BCUT2D eigenvalue weighted by Crippen LogP contribution is -1.93. The minimum absolute atomic E-state index is 1.08. The van der Waals surface area contributed by atoms with E-state index in [0.29, 0.717) is 0 Å². The number of fused-ring (bicyclic) bond motifs is 1. The number of aryl methyl sites for hydroxylation is 2. The summed E-state index contributed by atoms with van der Waals surface area (Å²) in [6.07, 6.45) is 2.37. The van der Waals surface area contributed by atoms with Gasteiger partial charge in [-0.2, -0.15) is 0 Å². The van der Waals surface area contributed by atoms with Crippen molar-refractivity contribution in [2.45, 2.75) is 19.8 Å². The van der Waals surface area contributed by atoms with Crippen LogP contribution in [0, 0.1) is 6.92 Å². The highest BCUT2D eigenvalue weighted by Crippen LogP contribution is 2.25. The summed E-state index contributed by atoms with van der Waals surface area (Å²) in [6.45, 7) is 2.21. The Morgan fingerprint density at radius 3 is 2.73 bits per heavy atom. The summed E-state index contributed by atoms with van der Waals surface area (Å²) >= 11 is 3.50. The number of halogens is 1. The normalized spacial score (nSPS) is 11.1. The molecule has 0 saturated heterocycles. The predicted octanol–water partition coefficient (Wildman–Crippen LogP) is 3.81. The molecule has 0 unspecified atom stereocenters. The molecule has 1 aromatic heterocycles. The summed E-state index contributed by atoms with van der Waals surface area (Å²) in [6, 6.07) is 8.65. The van der Waals surface area contributed by atoms with E-state index in [1.54, 1.807) is 0 Å². The van der Waals surface area contributed by atoms with Crippen LogP contribution in [0.2, 0.25) is 0 Å². The fourth-order valence-corrected chi connectivity index (χ4v) is 2.44. The fourth-order valence-electron chi connectivity index (χ4n) is 2.16. The van der Waals surface area contributed by atoms with Crippen LogP contribution in [-0.4, -0.2) is 9.90 Å². The van der Waals surface area contributed by atoms with Crippen LogP contribution in [0.1, 0.15) is 17.7 Å². The maximum absolute atomic E-state index is 3.50. The first kappa shape index (κ1) is 10.7. The van der Waals surface area contributed by atoms with Crippen LogP contribution in [0.5, 0.6) is 0 Å². The molecule has 1 nitrogen and oxygen atoms in total. The molecule has 0 spiro atoms. The van der Waals surface area contributed by atoms with Gasteiger partial charge in [0.25, 0.3) is 0 Å². The Balaban J connectivity index is 2.56. The number of hydrogen-bond acceptors (Lipinski definition) is 0. The van der Waals surface area contributed by atoms with Crippen molar-refractivity contribution in [2.75, 3.05) is 5.33 Å². The Morgan fingerprint density at radius 1 is 1.27 bits per heavy atom. The third-order valence-electron chi connectivity index (χ3n) is 3.09. The minimum Gasteiger partial charge on any atom is -0.348 e. The van der Waals surface area contributed by atoms with Gasteiger partial charge in [-0.3, -0.25) is 0 Å². The SMILES string of the molecule is Cc1c(CCCBr)c2ccccc2n1C. The number of benzene rings is 1. The van der Waals surface area contributed by atoms with Gasteiger partial charge in [-0.15, -0.1) is 0 Å². The smallest absolute Gasteiger partial charge is 0.0482 e. The lowest BCUT2D eigenvalue weighted by molar-refractivity contribution is 0.872. The maximum Gasteiger partial charge on any atom is 0.0482 e. The van der Waals surface area contributed by atoms with Crippen LogP contribution in [0.4, 0.5) is 0 Å². The van der Waals surface area contributed by atoms with E-state index in [1.807, 2.05) is 0 Å². The van der Waals surface area contributed by atoms with Gasteiger partial charge in [0.05, 0.1) is 0 Å². The second kappa shape index (κ2) is 4.40. The second-order valence-electron chi connectivity index (χ2n) is 3.93. The highest BCUT2D eigenvalue weighted by Gasteiger charge is 2.09. The quantitative estimate of drug-likeness (QED) is 0.744. The van der Waals surface area contributed by atoms with E-state index in [1.165, 1.54) is 35.0 Å². The standard InChI is InChI=1S/C13H16BrN/c1-10-11(7-5-9-14)12-6-3-4-8-13(12)15(10)2/h3-4,6,8H,5,7,9H2,1-2H3.